The summed E-state index contributed by atoms with van der Waals surface area (Å²) < 4.78 is 24.6. The Morgan fingerprint density at radius 1 is 1.27 bits per heavy atom. The van der Waals surface area contributed by atoms with Crippen LogP contribution in [0.25, 0.3) is 11.3 Å². The summed E-state index contributed by atoms with van der Waals surface area (Å²) >= 11 is 5.91. The van der Waals surface area contributed by atoms with Gasteiger partial charge < -0.3 is 19.5 Å². The van der Waals surface area contributed by atoms with Crippen LogP contribution in [0.5, 0.6) is 5.75 Å². The number of fused-ring (bicyclic) bond motifs is 2. The molecule has 0 aliphatic carbocycles. The van der Waals surface area contributed by atoms with Gasteiger partial charge in [-0.25, -0.2) is 9.18 Å². The summed E-state index contributed by atoms with van der Waals surface area (Å²) in [7, 11) is 3.44. The van der Waals surface area contributed by atoms with Gasteiger partial charge in [0.15, 0.2) is 12.6 Å². The number of anilines is 1. The molecule has 2 aliphatic rings. The summed E-state index contributed by atoms with van der Waals surface area (Å²) in [6, 6.07) is 6.35. The maximum Gasteiger partial charge on any atom is 0.408 e. The first-order valence-corrected chi connectivity index (χ1v) is 11.2. The van der Waals surface area contributed by atoms with Crippen LogP contribution in [0.15, 0.2) is 24.3 Å². The number of hydrogen-bond acceptors (Lipinski definition) is 6. The van der Waals surface area contributed by atoms with Gasteiger partial charge in [0.25, 0.3) is 0 Å². The van der Waals surface area contributed by atoms with E-state index in [0.717, 1.165) is 12.8 Å². The van der Waals surface area contributed by atoms with Gasteiger partial charge in [0.05, 0.1) is 10.7 Å². The molecule has 0 radical (unpaired) electrons. The Bertz CT molecular complexity index is 1040. The Labute approximate surface area is 197 Å². The number of ether oxygens (including phenoxy) is 2. The van der Waals surface area contributed by atoms with Crippen molar-refractivity contribution in [2.75, 3.05) is 25.9 Å². The first-order chi connectivity index (χ1) is 15.6. The normalized spacial score (nSPS) is 26.4. The number of benzene rings is 1. The van der Waals surface area contributed by atoms with E-state index in [1.54, 1.807) is 11.0 Å². The predicted molar refractivity (Wildman–Crippen MR) is 122 cm³/mol. The molecule has 2 fully saturated rings. The van der Waals surface area contributed by atoms with E-state index in [1.807, 2.05) is 27.0 Å². The van der Waals surface area contributed by atoms with Gasteiger partial charge in [-0.2, -0.15) is 0 Å². The summed E-state index contributed by atoms with van der Waals surface area (Å²) in [6.07, 6.45) is 2.26. The van der Waals surface area contributed by atoms with Crippen LogP contribution in [-0.2, 0) is 4.74 Å². The van der Waals surface area contributed by atoms with Crippen molar-refractivity contribution in [3.63, 3.8) is 0 Å². The average molecular weight is 479 g/mol. The van der Waals surface area contributed by atoms with E-state index in [0.29, 0.717) is 35.7 Å². The molecular weight excluding hydrogens is 451 g/mol. The molecular formula is C23H28ClFN4O4. The first-order valence-electron chi connectivity index (χ1n) is 10.8. The van der Waals surface area contributed by atoms with Crippen LogP contribution in [-0.4, -0.2) is 64.4 Å². The lowest BCUT2D eigenvalue weighted by Crippen LogP contribution is -2.62. The van der Waals surface area contributed by atoms with Crippen molar-refractivity contribution in [2.24, 2.45) is 0 Å². The third-order valence-electron chi connectivity index (χ3n) is 7.01. The third kappa shape index (κ3) is 4.19. The third-order valence-corrected chi connectivity index (χ3v) is 7.30. The Kier molecular flexibility index (Phi) is 6.13. The Morgan fingerprint density at radius 2 is 1.94 bits per heavy atom. The fraction of sp³-hybridized carbons (Fsp3) is 0.522. The summed E-state index contributed by atoms with van der Waals surface area (Å²) in [6.45, 7) is 4.03. The molecule has 1 N–H and O–H groups in total. The molecule has 8 nitrogen and oxygen atoms in total. The molecule has 2 aromatic rings. The maximum atomic E-state index is 14.1. The van der Waals surface area contributed by atoms with Crippen LogP contribution in [0.2, 0.25) is 5.02 Å². The second-order valence-corrected chi connectivity index (χ2v) is 9.78. The minimum atomic E-state index is -0.857. The van der Waals surface area contributed by atoms with Gasteiger partial charge in [-0.15, -0.1) is 10.2 Å². The zero-order chi connectivity index (χ0) is 24.0. The Hall–Kier alpha value is -2.65. The molecule has 2 bridgehead atoms. The van der Waals surface area contributed by atoms with E-state index >= 15 is 0 Å². The van der Waals surface area contributed by atoms with Gasteiger partial charge in [0.2, 0.25) is 0 Å². The molecule has 1 aromatic heterocycles. The average Bonchev–Trinajstić information content (AvgIpc) is 2.95. The lowest BCUT2D eigenvalue weighted by Gasteiger charge is -2.51. The standard InChI is InChI=1S/C23H28ClFN4O4/c1-22-7-8-23(2,29(22)21(30)31)12-14(11-22)28(3)20-6-5-18(26-27-20)15-9-17(25)16(24)10-19(15)33-13-32-4/h5-6,9-10,14H,7-8,11-13H2,1-4H3,(H,30,31)/t14-,22-,23?/m1/s1. The minimum absolute atomic E-state index is 0.0181. The van der Waals surface area contributed by atoms with Crippen molar-refractivity contribution in [3.05, 3.63) is 35.1 Å². The SMILES string of the molecule is COCOc1cc(Cl)c(F)cc1-c1ccc(N(C)[C@H]2CC3(C)CC[C@](C)(C2)N3C(=O)O)nn1. The molecule has 33 heavy (non-hydrogen) atoms. The number of halogens is 2. The van der Waals surface area contributed by atoms with Crippen LogP contribution in [0.4, 0.5) is 15.0 Å². The molecule has 1 unspecified atom stereocenters. The Morgan fingerprint density at radius 3 is 2.48 bits per heavy atom. The summed E-state index contributed by atoms with van der Waals surface area (Å²) in [5, 5.41) is 18.4. The summed E-state index contributed by atoms with van der Waals surface area (Å²) in [5.41, 5.74) is 0.0519. The molecule has 4 rings (SSSR count). The number of hydrogen-bond donors (Lipinski definition) is 1. The second kappa shape index (κ2) is 8.61. The highest BCUT2D eigenvalue weighted by atomic mass is 35.5. The minimum Gasteiger partial charge on any atom is -0.467 e. The molecule has 0 saturated carbocycles. The lowest BCUT2D eigenvalue weighted by atomic mass is 9.82. The number of carbonyl (C=O) groups is 1. The van der Waals surface area contributed by atoms with E-state index in [1.165, 1.54) is 19.2 Å². The van der Waals surface area contributed by atoms with Crippen molar-refractivity contribution >= 4 is 23.5 Å². The molecule has 10 heteroatoms. The molecule has 2 aliphatic heterocycles. The van der Waals surface area contributed by atoms with Crippen LogP contribution >= 0.6 is 11.6 Å². The molecule has 178 valence electrons. The lowest BCUT2D eigenvalue weighted by molar-refractivity contribution is 0.0131. The van der Waals surface area contributed by atoms with Gasteiger partial charge in [0.1, 0.15) is 11.6 Å². The number of methoxy groups -OCH3 is 1. The highest BCUT2D eigenvalue weighted by Gasteiger charge is 2.58. The number of rotatable bonds is 6. The van der Waals surface area contributed by atoms with Crippen molar-refractivity contribution in [1.29, 1.82) is 0 Å². The number of amides is 1. The summed E-state index contributed by atoms with van der Waals surface area (Å²) in [4.78, 5) is 15.6. The molecule has 2 saturated heterocycles. The fourth-order valence-electron chi connectivity index (χ4n) is 5.44. The number of aromatic nitrogens is 2. The highest BCUT2D eigenvalue weighted by molar-refractivity contribution is 6.31. The van der Waals surface area contributed by atoms with E-state index in [-0.39, 0.29) is 17.9 Å². The summed E-state index contributed by atoms with van der Waals surface area (Å²) in [5.74, 6) is 0.423. The topological polar surface area (TPSA) is 88.0 Å². The molecule has 0 spiro atoms. The van der Waals surface area contributed by atoms with Crippen LogP contribution in [0, 0.1) is 5.82 Å². The number of nitrogens with zero attached hydrogens (tertiary/aromatic N) is 4. The van der Waals surface area contributed by atoms with Crippen LogP contribution < -0.4 is 9.64 Å². The Balaban J connectivity index is 1.57. The van der Waals surface area contributed by atoms with Gasteiger partial charge in [-0.05, 0) is 57.7 Å². The van der Waals surface area contributed by atoms with Crippen molar-refractivity contribution in [3.8, 4) is 17.0 Å². The van der Waals surface area contributed by atoms with E-state index < -0.39 is 23.0 Å². The van der Waals surface area contributed by atoms with E-state index in [2.05, 4.69) is 15.1 Å². The maximum absolute atomic E-state index is 14.1. The largest absolute Gasteiger partial charge is 0.467 e. The van der Waals surface area contributed by atoms with E-state index in [4.69, 9.17) is 21.1 Å². The van der Waals surface area contributed by atoms with Crippen LogP contribution in [0.3, 0.4) is 0 Å². The van der Waals surface area contributed by atoms with Gasteiger partial charge in [0, 0.05) is 42.9 Å². The van der Waals surface area contributed by atoms with E-state index in [9.17, 15) is 14.3 Å². The highest BCUT2D eigenvalue weighted by Crippen LogP contribution is 2.51. The molecule has 3 atom stereocenters. The quantitative estimate of drug-likeness (QED) is 0.596. The van der Waals surface area contributed by atoms with Gasteiger partial charge in [-0.3, -0.25) is 4.90 Å². The molecule has 1 amide bonds. The fourth-order valence-corrected chi connectivity index (χ4v) is 5.59. The number of piperidine rings is 1. The van der Waals surface area contributed by atoms with Gasteiger partial charge >= 0.3 is 6.09 Å². The van der Waals surface area contributed by atoms with Gasteiger partial charge in [-0.1, -0.05) is 11.6 Å². The van der Waals surface area contributed by atoms with Crippen LogP contribution in [0.1, 0.15) is 39.5 Å². The van der Waals surface area contributed by atoms with Crippen molar-refractivity contribution in [2.45, 2.75) is 56.7 Å². The molecule has 1 aromatic carbocycles. The predicted octanol–water partition coefficient (Wildman–Crippen LogP) is 4.81. The molecule has 3 heterocycles. The smallest absolute Gasteiger partial charge is 0.408 e. The van der Waals surface area contributed by atoms with Crippen molar-refractivity contribution in [1.82, 2.24) is 15.1 Å². The zero-order valence-corrected chi connectivity index (χ0v) is 19.9. The first kappa shape index (κ1) is 23.5. The second-order valence-electron chi connectivity index (χ2n) is 9.37. The number of carboxylic acid groups (broad SMARTS) is 1. The monoisotopic (exact) mass is 478 g/mol. The van der Waals surface area contributed by atoms with Crippen molar-refractivity contribution < 1.29 is 23.8 Å². The zero-order valence-electron chi connectivity index (χ0n) is 19.1.